The highest BCUT2D eigenvalue weighted by Gasteiger charge is 2.10. The van der Waals surface area contributed by atoms with E-state index in [0.29, 0.717) is 17.8 Å². The number of pyridine rings is 1. The average molecular weight is 229 g/mol. The van der Waals surface area contributed by atoms with Crippen LogP contribution in [0, 0.1) is 0 Å². The van der Waals surface area contributed by atoms with E-state index >= 15 is 0 Å². The van der Waals surface area contributed by atoms with Crippen molar-refractivity contribution in [2.45, 2.75) is 12.5 Å². The maximum Gasteiger partial charge on any atom is 0.0832 e. The van der Waals surface area contributed by atoms with Crippen LogP contribution in [0.3, 0.4) is 0 Å². The van der Waals surface area contributed by atoms with Crippen LogP contribution in [0.2, 0.25) is 0 Å². The summed E-state index contributed by atoms with van der Waals surface area (Å²) in [6.07, 6.45) is 3.12. The van der Waals surface area contributed by atoms with E-state index in [4.69, 9.17) is 11.5 Å². The van der Waals surface area contributed by atoms with Crippen molar-refractivity contribution in [3.8, 4) is 0 Å². The van der Waals surface area contributed by atoms with E-state index in [1.165, 1.54) is 0 Å². The summed E-state index contributed by atoms with van der Waals surface area (Å²) in [5, 5.41) is 10.1. The second kappa shape index (κ2) is 4.84. The van der Waals surface area contributed by atoms with E-state index in [0.717, 1.165) is 11.1 Å². The zero-order valence-electron chi connectivity index (χ0n) is 9.38. The minimum absolute atomic E-state index is 0.434. The van der Waals surface area contributed by atoms with E-state index in [1.54, 1.807) is 30.6 Å². The number of aliphatic hydroxyl groups excluding tert-OH is 1. The minimum Gasteiger partial charge on any atom is -0.399 e. The Labute approximate surface area is 99.9 Å². The number of aromatic nitrogens is 1. The zero-order valence-corrected chi connectivity index (χ0v) is 9.38. The summed E-state index contributed by atoms with van der Waals surface area (Å²) in [6.45, 7) is 0. The number of benzene rings is 1. The lowest BCUT2D eigenvalue weighted by molar-refractivity contribution is 0.178. The minimum atomic E-state index is -0.620. The molecule has 2 rings (SSSR count). The molecule has 1 atom stereocenters. The van der Waals surface area contributed by atoms with Gasteiger partial charge in [0.2, 0.25) is 0 Å². The van der Waals surface area contributed by atoms with Crippen LogP contribution in [0.25, 0.3) is 0 Å². The fourth-order valence-electron chi connectivity index (χ4n) is 1.70. The van der Waals surface area contributed by atoms with Gasteiger partial charge < -0.3 is 16.6 Å². The van der Waals surface area contributed by atoms with Gasteiger partial charge in [0.25, 0.3) is 0 Å². The van der Waals surface area contributed by atoms with Gasteiger partial charge in [-0.15, -0.1) is 0 Å². The molecule has 1 heterocycles. The fraction of sp³-hybridized carbons (Fsp3) is 0.154. The number of anilines is 2. The highest BCUT2D eigenvalue weighted by Crippen LogP contribution is 2.22. The fourth-order valence-corrected chi connectivity index (χ4v) is 1.70. The molecular weight excluding hydrogens is 214 g/mol. The van der Waals surface area contributed by atoms with E-state index in [1.807, 2.05) is 12.1 Å². The Morgan fingerprint density at radius 3 is 2.76 bits per heavy atom. The highest BCUT2D eigenvalue weighted by atomic mass is 16.3. The molecule has 0 saturated heterocycles. The molecule has 0 bridgehead atoms. The van der Waals surface area contributed by atoms with Crippen molar-refractivity contribution >= 4 is 11.4 Å². The Bertz CT molecular complexity index is 514. The van der Waals surface area contributed by atoms with E-state index < -0.39 is 6.10 Å². The highest BCUT2D eigenvalue weighted by molar-refractivity contribution is 5.46. The van der Waals surface area contributed by atoms with Crippen molar-refractivity contribution in [1.82, 2.24) is 4.98 Å². The van der Waals surface area contributed by atoms with Crippen LogP contribution in [0.1, 0.15) is 17.2 Å². The van der Waals surface area contributed by atoms with Gasteiger partial charge >= 0.3 is 0 Å². The molecule has 0 aliphatic heterocycles. The Kier molecular flexibility index (Phi) is 3.25. The zero-order chi connectivity index (χ0) is 12.3. The summed E-state index contributed by atoms with van der Waals surface area (Å²) in [6, 6.07) is 8.93. The second-order valence-electron chi connectivity index (χ2n) is 3.96. The molecule has 1 aromatic heterocycles. The van der Waals surface area contributed by atoms with Gasteiger partial charge in [0, 0.05) is 30.2 Å². The molecule has 1 unspecified atom stereocenters. The summed E-state index contributed by atoms with van der Waals surface area (Å²) >= 11 is 0. The molecule has 1 aromatic carbocycles. The molecule has 4 nitrogen and oxygen atoms in total. The van der Waals surface area contributed by atoms with Crippen molar-refractivity contribution in [2.24, 2.45) is 0 Å². The van der Waals surface area contributed by atoms with Crippen molar-refractivity contribution < 1.29 is 5.11 Å². The predicted octanol–water partition coefficient (Wildman–Crippen LogP) is 1.52. The summed E-state index contributed by atoms with van der Waals surface area (Å²) in [4.78, 5) is 3.99. The Hall–Kier alpha value is -2.07. The van der Waals surface area contributed by atoms with Crippen LogP contribution in [0.4, 0.5) is 11.4 Å². The molecular formula is C13H15N3O. The first-order valence-corrected chi connectivity index (χ1v) is 5.38. The first kappa shape index (κ1) is 11.4. The first-order valence-electron chi connectivity index (χ1n) is 5.38. The summed E-state index contributed by atoms with van der Waals surface area (Å²) < 4.78 is 0. The first-order chi connectivity index (χ1) is 8.16. The molecule has 0 radical (unpaired) electrons. The average Bonchev–Trinajstić information content (AvgIpc) is 2.32. The Morgan fingerprint density at radius 2 is 2.06 bits per heavy atom. The lowest BCUT2D eigenvalue weighted by Crippen LogP contribution is -2.05. The lowest BCUT2D eigenvalue weighted by Gasteiger charge is -2.12. The smallest absolute Gasteiger partial charge is 0.0832 e. The lowest BCUT2D eigenvalue weighted by atomic mass is 10.0. The van der Waals surface area contributed by atoms with Gasteiger partial charge in [-0.3, -0.25) is 4.98 Å². The van der Waals surface area contributed by atoms with Crippen LogP contribution in [0.15, 0.2) is 42.7 Å². The Morgan fingerprint density at radius 1 is 1.24 bits per heavy atom. The maximum atomic E-state index is 10.1. The third-order valence-corrected chi connectivity index (χ3v) is 2.65. The molecule has 0 aliphatic rings. The summed E-state index contributed by atoms with van der Waals surface area (Å²) in [5.74, 6) is 0. The van der Waals surface area contributed by atoms with E-state index in [2.05, 4.69) is 4.98 Å². The molecule has 0 amide bonds. The molecule has 0 saturated carbocycles. The number of nitrogens with zero attached hydrogens (tertiary/aromatic N) is 1. The van der Waals surface area contributed by atoms with E-state index in [-0.39, 0.29) is 0 Å². The quantitative estimate of drug-likeness (QED) is 0.697. The third-order valence-electron chi connectivity index (χ3n) is 2.65. The Balaban J connectivity index is 2.17. The standard InChI is InChI=1S/C13H15N3O/c14-11-3-1-2-9(6-11)13(17)7-10-8-16-5-4-12(10)15/h1-6,8,13,17H,7,14H2,(H2,15,16). The predicted molar refractivity (Wildman–Crippen MR) is 68.2 cm³/mol. The number of nitrogen functional groups attached to an aromatic ring is 2. The second-order valence-corrected chi connectivity index (χ2v) is 3.96. The summed E-state index contributed by atoms with van der Waals surface area (Å²) in [5.41, 5.74) is 14.4. The number of nitrogens with two attached hydrogens (primary N) is 2. The van der Waals surface area contributed by atoms with Crippen molar-refractivity contribution in [3.63, 3.8) is 0 Å². The van der Waals surface area contributed by atoms with Crippen LogP contribution >= 0.6 is 0 Å². The van der Waals surface area contributed by atoms with Gasteiger partial charge in [-0.25, -0.2) is 0 Å². The normalized spacial score (nSPS) is 12.3. The van der Waals surface area contributed by atoms with Gasteiger partial charge in [0.15, 0.2) is 0 Å². The third kappa shape index (κ3) is 2.73. The van der Waals surface area contributed by atoms with Gasteiger partial charge in [0.1, 0.15) is 0 Å². The molecule has 0 fully saturated rings. The van der Waals surface area contributed by atoms with Gasteiger partial charge in [-0.2, -0.15) is 0 Å². The molecule has 5 N–H and O–H groups in total. The molecule has 88 valence electrons. The van der Waals surface area contributed by atoms with Crippen LogP contribution in [-0.2, 0) is 6.42 Å². The summed E-state index contributed by atoms with van der Waals surface area (Å²) in [7, 11) is 0. The maximum absolute atomic E-state index is 10.1. The number of hydrogen-bond acceptors (Lipinski definition) is 4. The molecule has 2 aromatic rings. The van der Waals surface area contributed by atoms with Gasteiger partial charge in [-0.05, 0) is 29.3 Å². The van der Waals surface area contributed by atoms with Crippen LogP contribution in [0.5, 0.6) is 0 Å². The number of aliphatic hydroxyl groups is 1. The monoisotopic (exact) mass is 229 g/mol. The van der Waals surface area contributed by atoms with Gasteiger partial charge in [-0.1, -0.05) is 12.1 Å². The van der Waals surface area contributed by atoms with Crippen molar-refractivity contribution in [3.05, 3.63) is 53.9 Å². The van der Waals surface area contributed by atoms with Crippen LogP contribution < -0.4 is 11.5 Å². The molecule has 17 heavy (non-hydrogen) atoms. The molecule has 0 aliphatic carbocycles. The van der Waals surface area contributed by atoms with Gasteiger partial charge in [0.05, 0.1) is 6.10 Å². The molecule has 0 spiro atoms. The topological polar surface area (TPSA) is 85.2 Å². The number of hydrogen-bond donors (Lipinski definition) is 3. The molecule has 4 heteroatoms. The number of rotatable bonds is 3. The van der Waals surface area contributed by atoms with Crippen molar-refractivity contribution in [2.75, 3.05) is 11.5 Å². The van der Waals surface area contributed by atoms with Crippen molar-refractivity contribution in [1.29, 1.82) is 0 Å². The largest absolute Gasteiger partial charge is 0.399 e. The van der Waals surface area contributed by atoms with E-state index in [9.17, 15) is 5.11 Å². The SMILES string of the molecule is Nc1cccc(C(O)Cc2cnccc2N)c1. The van der Waals surface area contributed by atoms with Crippen LogP contribution in [-0.4, -0.2) is 10.1 Å².